The van der Waals surface area contributed by atoms with Gasteiger partial charge in [-0.05, 0) is 39.0 Å². The van der Waals surface area contributed by atoms with Gasteiger partial charge in [-0.1, -0.05) is 12.8 Å². The maximum absolute atomic E-state index is 13.3. The van der Waals surface area contributed by atoms with Gasteiger partial charge in [0.1, 0.15) is 6.10 Å². The van der Waals surface area contributed by atoms with E-state index in [1.54, 1.807) is 4.90 Å². The second-order valence-electron chi connectivity index (χ2n) is 10.5. The first-order chi connectivity index (χ1) is 16.0. The van der Waals surface area contributed by atoms with Crippen molar-refractivity contribution >= 4 is 23.8 Å². The van der Waals surface area contributed by atoms with Gasteiger partial charge < -0.3 is 19.1 Å². The van der Waals surface area contributed by atoms with Crippen LogP contribution in [0.15, 0.2) is 0 Å². The molecule has 8 nitrogen and oxygen atoms in total. The fourth-order valence-corrected chi connectivity index (χ4v) is 6.78. The molecule has 1 amide bonds. The number of likely N-dealkylation sites (tertiary alicyclic amines) is 1. The molecular formula is C24H33F2NO7. The van der Waals surface area contributed by atoms with Crippen molar-refractivity contribution in [3.63, 3.8) is 0 Å². The second kappa shape index (κ2) is 9.07. The van der Waals surface area contributed by atoms with Gasteiger partial charge in [-0.3, -0.25) is 19.2 Å². The molecule has 3 aliphatic carbocycles. The minimum atomic E-state index is -3.15. The Kier molecular flexibility index (Phi) is 6.63. The molecule has 190 valence electrons. The fraction of sp³-hybridized carbons (Fsp3) is 0.833. The summed E-state index contributed by atoms with van der Waals surface area (Å²) in [7, 11) is 1.28. The van der Waals surface area contributed by atoms with Gasteiger partial charge in [0.05, 0.1) is 36.8 Å². The molecule has 1 heterocycles. The number of amides is 1. The van der Waals surface area contributed by atoms with E-state index in [-0.39, 0.29) is 29.8 Å². The summed E-state index contributed by atoms with van der Waals surface area (Å²) in [5.41, 5.74) is 0. The number of fused-ring (bicyclic) bond motifs is 1. The summed E-state index contributed by atoms with van der Waals surface area (Å²) in [6, 6.07) is -0.449. The molecule has 3 saturated carbocycles. The third-order valence-electron chi connectivity index (χ3n) is 8.03. The lowest BCUT2D eigenvalue weighted by Gasteiger charge is -2.37. The van der Waals surface area contributed by atoms with Gasteiger partial charge in [-0.2, -0.15) is 0 Å². The summed E-state index contributed by atoms with van der Waals surface area (Å²) in [6.45, 7) is 3.40. The van der Waals surface area contributed by atoms with Gasteiger partial charge in [-0.25, -0.2) is 8.78 Å². The molecule has 10 heteroatoms. The van der Waals surface area contributed by atoms with Crippen LogP contribution in [0.4, 0.5) is 8.78 Å². The quantitative estimate of drug-likeness (QED) is 0.404. The third kappa shape index (κ3) is 4.17. The molecule has 34 heavy (non-hydrogen) atoms. The normalized spacial score (nSPS) is 36.7. The molecule has 4 aliphatic rings. The van der Waals surface area contributed by atoms with Crippen LogP contribution < -0.4 is 0 Å². The largest absolute Gasteiger partial charge is 0.469 e. The molecule has 1 aliphatic heterocycles. The fourth-order valence-electron chi connectivity index (χ4n) is 6.78. The monoisotopic (exact) mass is 485 g/mol. The highest BCUT2D eigenvalue weighted by molar-refractivity contribution is 5.90. The molecule has 0 N–H and O–H groups in total. The van der Waals surface area contributed by atoms with E-state index in [0.717, 1.165) is 0 Å². The summed E-state index contributed by atoms with van der Waals surface area (Å²) in [4.78, 5) is 53.4. The van der Waals surface area contributed by atoms with Crippen molar-refractivity contribution in [2.24, 2.45) is 35.5 Å². The maximum atomic E-state index is 13.3. The van der Waals surface area contributed by atoms with Gasteiger partial charge in [0.25, 0.3) is 5.92 Å². The number of alkyl halides is 2. The number of ether oxygens (including phenoxy) is 3. The van der Waals surface area contributed by atoms with Gasteiger partial charge in [-0.15, -0.1) is 0 Å². The highest BCUT2D eigenvalue weighted by atomic mass is 19.3. The first-order valence-electron chi connectivity index (χ1n) is 12.1. The van der Waals surface area contributed by atoms with E-state index in [9.17, 15) is 28.0 Å². The summed E-state index contributed by atoms with van der Waals surface area (Å²) >= 11 is 0. The van der Waals surface area contributed by atoms with E-state index in [2.05, 4.69) is 0 Å². The number of hydrogen-bond acceptors (Lipinski definition) is 7. The van der Waals surface area contributed by atoms with Crippen LogP contribution in [-0.2, 0) is 33.4 Å². The Bertz CT molecular complexity index is 857. The number of methoxy groups -OCH3 is 1. The zero-order valence-corrected chi connectivity index (χ0v) is 20.0. The van der Waals surface area contributed by atoms with Gasteiger partial charge >= 0.3 is 17.9 Å². The van der Waals surface area contributed by atoms with Gasteiger partial charge in [0, 0.05) is 18.9 Å². The van der Waals surface area contributed by atoms with Crippen molar-refractivity contribution in [2.75, 3.05) is 13.7 Å². The molecule has 0 spiro atoms. The molecule has 4 fully saturated rings. The van der Waals surface area contributed by atoms with E-state index >= 15 is 0 Å². The first kappa shape index (κ1) is 24.9. The predicted octanol–water partition coefficient (Wildman–Crippen LogP) is 2.58. The van der Waals surface area contributed by atoms with Crippen molar-refractivity contribution in [3.8, 4) is 0 Å². The number of esters is 3. The Hall–Kier alpha value is -2.26. The minimum absolute atomic E-state index is 0.0966. The minimum Gasteiger partial charge on any atom is -0.469 e. The molecule has 2 bridgehead atoms. The zero-order valence-electron chi connectivity index (χ0n) is 20.0. The van der Waals surface area contributed by atoms with Crippen LogP contribution in [0, 0.1) is 35.5 Å². The molecule has 1 saturated heterocycles. The molecular weight excluding hydrogens is 452 g/mol. The van der Waals surface area contributed by atoms with Crippen LogP contribution >= 0.6 is 0 Å². The summed E-state index contributed by atoms with van der Waals surface area (Å²) in [6.07, 6.45) is 2.05. The number of carbonyl (C=O) groups is 4. The summed E-state index contributed by atoms with van der Waals surface area (Å²) < 4.78 is 42.1. The number of nitrogens with zero attached hydrogens (tertiary/aromatic N) is 1. The van der Waals surface area contributed by atoms with Crippen molar-refractivity contribution in [1.29, 1.82) is 0 Å². The topological polar surface area (TPSA) is 99.2 Å². The Morgan fingerprint density at radius 2 is 1.68 bits per heavy atom. The number of halogens is 2. The highest BCUT2D eigenvalue weighted by Crippen LogP contribution is 2.60. The van der Waals surface area contributed by atoms with Gasteiger partial charge in [0.15, 0.2) is 6.61 Å². The Labute approximate surface area is 197 Å². The lowest BCUT2D eigenvalue weighted by atomic mass is 9.77. The van der Waals surface area contributed by atoms with E-state index in [0.29, 0.717) is 39.0 Å². The number of rotatable bonds is 7. The van der Waals surface area contributed by atoms with Crippen molar-refractivity contribution in [3.05, 3.63) is 0 Å². The summed E-state index contributed by atoms with van der Waals surface area (Å²) in [5, 5.41) is 0. The van der Waals surface area contributed by atoms with Crippen molar-refractivity contribution in [2.45, 2.75) is 77.0 Å². The summed E-state index contributed by atoms with van der Waals surface area (Å²) in [5.74, 6) is -8.37. The molecule has 0 aromatic carbocycles. The second-order valence-corrected chi connectivity index (χ2v) is 10.5. The molecule has 0 aromatic heterocycles. The zero-order chi connectivity index (χ0) is 24.9. The van der Waals surface area contributed by atoms with Crippen molar-refractivity contribution in [1.82, 2.24) is 4.90 Å². The lowest BCUT2D eigenvalue weighted by Crippen LogP contribution is -2.49. The van der Waals surface area contributed by atoms with Gasteiger partial charge in [0.2, 0.25) is 5.91 Å². The predicted molar refractivity (Wildman–Crippen MR) is 113 cm³/mol. The average Bonchev–Trinajstić information content (AvgIpc) is 3.39. The highest BCUT2D eigenvalue weighted by Gasteiger charge is 2.71. The molecule has 0 radical (unpaired) electrons. The SMILES string of the molecule is COC(=O)C1C2CC3C1C(=O)N(C(C)C)C3C2OC(=O)C1CCCCC1C(=O)OCC(C)(F)F. The van der Waals surface area contributed by atoms with E-state index in [1.165, 1.54) is 7.11 Å². The first-order valence-corrected chi connectivity index (χ1v) is 12.1. The standard InChI is InChI=1S/C24H33F2NO7/c1-11(2)27-18-14-9-15(17(23(31)32-4)16(14)20(27)28)19(18)34-22(30)13-8-6-5-7-12(13)21(29)33-10-24(3,25)26/h11-19H,5-10H2,1-4H3. The smallest absolute Gasteiger partial charge is 0.310 e. The van der Waals surface area contributed by atoms with E-state index < -0.39 is 60.2 Å². The van der Waals surface area contributed by atoms with Crippen LogP contribution in [0.5, 0.6) is 0 Å². The molecule has 4 rings (SSSR count). The van der Waals surface area contributed by atoms with E-state index in [4.69, 9.17) is 14.2 Å². The van der Waals surface area contributed by atoms with Crippen molar-refractivity contribution < 1.29 is 42.2 Å². The molecule has 8 atom stereocenters. The Morgan fingerprint density at radius 1 is 1.06 bits per heavy atom. The molecule has 8 unspecified atom stereocenters. The molecule has 0 aromatic rings. The maximum Gasteiger partial charge on any atom is 0.310 e. The van der Waals surface area contributed by atoms with Crippen LogP contribution in [0.25, 0.3) is 0 Å². The van der Waals surface area contributed by atoms with E-state index in [1.807, 2.05) is 13.8 Å². The number of carbonyl (C=O) groups excluding carboxylic acids is 4. The Morgan fingerprint density at radius 3 is 2.24 bits per heavy atom. The third-order valence-corrected chi connectivity index (χ3v) is 8.03. The van der Waals surface area contributed by atoms with Crippen LogP contribution in [0.2, 0.25) is 0 Å². The average molecular weight is 486 g/mol. The lowest BCUT2D eigenvalue weighted by molar-refractivity contribution is -0.175. The van der Waals surface area contributed by atoms with Crippen LogP contribution in [0.3, 0.4) is 0 Å². The van der Waals surface area contributed by atoms with Crippen LogP contribution in [-0.4, -0.2) is 66.5 Å². The number of hydrogen-bond donors (Lipinski definition) is 0. The Balaban J connectivity index is 1.53. The van der Waals surface area contributed by atoms with Crippen LogP contribution in [0.1, 0.15) is 52.9 Å².